The molecule has 4 heteroatoms. The highest BCUT2D eigenvalue weighted by Gasteiger charge is 2.30. The highest BCUT2D eigenvalue weighted by molar-refractivity contribution is 9.09. The first-order valence-corrected chi connectivity index (χ1v) is 7.90. The minimum absolute atomic E-state index is 0.0926. The lowest BCUT2D eigenvalue weighted by Gasteiger charge is -2.20. The van der Waals surface area contributed by atoms with Gasteiger partial charge in [-0.2, -0.15) is 0 Å². The molecule has 0 aromatic heterocycles. The maximum Gasteiger partial charge on any atom is 0.263 e. The summed E-state index contributed by atoms with van der Waals surface area (Å²) in [4.78, 5) is 14.1. The van der Waals surface area contributed by atoms with Crippen LogP contribution < -0.4 is 4.74 Å². The summed E-state index contributed by atoms with van der Waals surface area (Å²) in [6, 6.07) is 7.88. The van der Waals surface area contributed by atoms with E-state index in [1.165, 1.54) is 0 Å². The molecule has 0 radical (unpaired) electrons. The number of carbonyl (C=O) groups excluding carboxylic acids is 1. The first-order chi connectivity index (χ1) is 9.22. The van der Waals surface area contributed by atoms with E-state index in [2.05, 4.69) is 15.9 Å². The van der Waals surface area contributed by atoms with Crippen molar-refractivity contribution in [1.82, 2.24) is 4.90 Å². The highest BCUT2D eigenvalue weighted by Crippen LogP contribution is 2.28. The minimum Gasteiger partial charge on any atom is -0.480 e. The number of para-hydroxylation sites is 1. The molecule has 104 valence electrons. The third kappa shape index (κ3) is 3.72. The van der Waals surface area contributed by atoms with Crippen molar-refractivity contribution in [3.8, 4) is 5.75 Å². The summed E-state index contributed by atoms with van der Waals surface area (Å²) < 4.78 is 5.72. The first-order valence-electron chi connectivity index (χ1n) is 6.78. The zero-order valence-electron chi connectivity index (χ0n) is 11.3. The molecule has 1 aliphatic rings. The smallest absolute Gasteiger partial charge is 0.263 e. The number of alkyl halides is 1. The minimum atomic E-state index is -0.335. The molecule has 2 rings (SSSR count). The predicted octanol–water partition coefficient (Wildman–Crippen LogP) is 3.01. The zero-order chi connectivity index (χ0) is 13.7. The standard InChI is InChI=1S/C15H20BrNO2/c1-17(10-6-2-5-9-16)15(18)14-11-12-7-3-4-8-13(12)19-14/h3-4,7-8,14H,2,5-6,9-11H2,1H3. The van der Waals surface area contributed by atoms with Gasteiger partial charge in [0.2, 0.25) is 0 Å². The Morgan fingerprint density at radius 2 is 2.16 bits per heavy atom. The van der Waals surface area contributed by atoms with Crippen molar-refractivity contribution in [2.24, 2.45) is 0 Å². The molecule has 0 bridgehead atoms. The van der Waals surface area contributed by atoms with Gasteiger partial charge in [-0.15, -0.1) is 0 Å². The summed E-state index contributed by atoms with van der Waals surface area (Å²) in [6.07, 6.45) is 3.72. The van der Waals surface area contributed by atoms with Crippen molar-refractivity contribution in [3.63, 3.8) is 0 Å². The number of benzene rings is 1. The van der Waals surface area contributed by atoms with Crippen LogP contribution in [0.1, 0.15) is 24.8 Å². The molecule has 1 amide bonds. The summed E-state index contributed by atoms with van der Waals surface area (Å²) >= 11 is 3.42. The summed E-state index contributed by atoms with van der Waals surface area (Å²) in [6.45, 7) is 0.808. The molecule has 1 atom stereocenters. The van der Waals surface area contributed by atoms with E-state index in [0.717, 1.165) is 42.5 Å². The molecule has 1 heterocycles. The second-order valence-corrected chi connectivity index (χ2v) is 5.72. The number of rotatable bonds is 6. The fourth-order valence-electron chi connectivity index (χ4n) is 2.30. The molecular weight excluding hydrogens is 306 g/mol. The monoisotopic (exact) mass is 325 g/mol. The van der Waals surface area contributed by atoms with Crippen molar-refractivity contribution in [2.45, 2.75) is 31.8 Å². The van der Waals surface area contributed by atoms with E-state index in [0.29, 0.717) is 6.42 Å². The number of likely N-dealkylation sites (N-methyl/N-ethyl adjacent to an activating group) is 1. The van der Waals surface area contributed by atoms with Crippen LogP contribution in [0.15, 0.2) is 24.3 Å². The van der Waals surface area contributed by atoms with E-state index in [1.54, 1.807) is 4.90 Å². The first kappa shape index (κ1) is 14.4. The molecule has 0 fully saturated rings. The molecule has 0 aliphatic carbocycles. The zero-order valence-corrected chi connectivity index (χ0v) is 12.9. The lowest BCUT2D eigenvalue weighted by Crippen LogP contribution is -2.39. The van der Waals surface area contributed by atoms with Gasteiger partial charge in [-0.25, -0.2) is 0 Å². The maximum atomic E-state index is 12.3. The molecule has 1 unspecified atom stereocenters. The van der Waals surface area contributed by atoms with Gasteiger partial charge in [0.1, 0.15) is 5.75 Å². The lowest BCUT2D eigenvalue weighted by molar-refractivity contribution is -0.136. The van der Waals surface area contributed by atoms with Crippen LogP contribution in [-0.4, -0.2) is 35.8 Å². The second kappa shape index (κ2) is 6.94. The third-order valence-corrected chi connectivity index (χ3v) is 3.99. The van der Waals surface area contributed by atoms with Gasteiger partial charge in [-0.1, -0.05) is 40.5 Å². The topological polar surface area (TPSA) is 29.5 Å². The van der Waals surface area contributed by atoms with Crippen molar-refractivity contribution in [3.05, 3.63) is 29.8 Å². The van der Waals surface area contributed by atoms with Gasteiger partial charge in [0.05, 0.1) is 0 Å². The molecule has 1 aromatic rings. The SMILES string of the molecule is CN(CCCCCBr)C(=O)C1Cc2ccccc2O1. The Morgan fingerprint density at radius 3 is 2.89 bits per heavy atom. The Morgan fingerprint density at radius 1 is 1.37 bits per heavy atom. The van der Waals surface area contributed by atoms with Gasteiger partial charge >= 0.3 is 0 Å². The van der Waals surface area contributed by atoms with Crippen molar-refractivity contribution in [2.75, 3.05) is 18.9 Å². The largest absolute Gasteiger partial charge is 0.480 e. The van der Waals surface area contributed by atoms with E-state index >= 15 is 0 Å². The number of hydrogen-bond acceptors (Lipinski definition) is 2. The molecule has 0 saturated carbocycles. The van der Waals surface area contributed by atoms with Crippen LogP contribution in [-0.2, 0) is 11.2 Å². The number of carbonyl (C=O) groups is 1. The van der Waals surface area contributed by atoms with E-state index in [4.69, 9.17) is 4.74 Å². The van der Waals surface area contributed by atoms with Gasteiger partial charge in [0.25, 0.3) is 5.91 Å². The van der Waals surface area contributed by atoms with Crippen LogP contribution >= 0.6 is 15.9 Å². The summed E-state index contributed by atoms with van der Waals surface area (Å²) in [5, 5.41) is 1.03. The number of hydrogen-bond donors (Lipinski definition) is 0. The molecule has 0 N–H and O–H groups in total. The van der Waals surface area contributed by atoms with Crippen molar-refractivity contribution in [1.29, 1.82) is 0 Å². The quantitative estimate of drug-likeness (QED) is 0.594. The van der Waals surface area contributed by atoms with Crippen LogP contribution in [0.3, 0.4) is 0 Å². The Balaban J connectivity index is 1.81. The Kier molecular flexibility index (Phi) is 5.25. The Labute approximate surface area is 123 Å². The van der Waals surface area contributed by atoms with Gasteiger partial charge in [0.15, 0.2) is 6.10 Å². The molecular formula is C15H20BrNO2. The van der Waals surface area contributed by atoms with Crippen LogP contribution in [0.2, 0.25) is 0 Å². The number of amides is 1. The fraction of sp³-hybridized carbons (Fsp3) is 0.533. The molecule has 0 saturated heterocycles. The normalized spacial score (nSPS) is 16.8. The average molecular weight is 326 g/mol. The van der Waals surface area contributed by atoms with Gasteiger partial charge in [0, 0.05) is 25.3 Å². The number of nitrogens with zero attached hydrogens (tertiary/aromatic N) is 1. The van der Waals surface area contributed by atoms with Gasteiger partial charge in [-0.3, -0.25) is 4.79 Å². The average Bonchev–Trinajstić information content (AvgIpc) is 2.86. The number of unbranched alkanes of at least 4 members (excludes halogenated alkanes) is 2. The van der Waals surface area contributed by atoms with Gasteiger partial charge < -0.3 is 9.64 Å². The number of halogens is 1. The summed E-state index contributed by atoms with van der Waals surface area (Å²) in [5.74, 6) is 0.948. The van der Waals surface area contributed by atoms with E-state index in [9.17, 15) is 4.79 Å². The number of ether oxygens (including phenoxy) is 1. The molecule has 19 heavy (non-hydrogen) atoms. The van der Waals surface area contributed by atoms with Crippen molar-refractivity contribution < 1.29 is 9.53 Å². The lowest BCUT2D eigenvalue weighted by atomic mass is 10.1. The number of fused-ring (bicyclic) bond motifs is 1. The van der Waals surface area contributed by atoms with E-state index in [-0.39, 0.29) is 12.0 Å². The maximum absolute atomic E-state index is 12.3. The van der Waals surface area contributed by atoms with Crippen LogP contribution in [0, 0.1) is 0 Å². The Bertz CT molecular complexity index is 411. The van der Waals surface area contributed by atoms with Crippen molar-refractivity contribution >= 4 is 21.8 Å². The van der Waals surface area contributed by atoms with E-state index in [1.807, 2.05) is 31.3 Å². The Hall–Kier alpha value is -1.03. The molecule has 0 spiro atoms. The second-order valence-electron chi connectivity index (χ2n) is 4.93. The summed E-state index contributed by atoms with van der Waals surface area (Å²) in [5.41, 5.74) is 1.13. The van der Waals surface area contributed by atoms with Gasteiger partial charge in [-0.05, 0) is 24.5 Å². The molecule has 1 aliphatic heterocycles. The van der Waals surface area contributed by atoms with Crippen LogP contribution in [0.4, 0.5) is 0 Å². The predicted molar refractivity (Wildman–Crippen MR) is 79.8 cm³/mol. The molecule has 1 aromatic carbocycles. The van der Waals surface area contributed by atoms with Crippen LogP contribution in [0.5, 0.6) is 5.75 Å². The van der Waals surface area contributed by atoms with Crippen LogP contribution in [0.25, 0.3) is 0 Å². The third-order valence-electron chi connectivity index (χ3n) is 3.43. The fourth-order valence-corrected chi connectivity index (χ4v) is 2.69. The molecule has 3 nitrogen and oxygen atoms in total. The highest BCUT2D eigenvalue weighted by atomic mass is 79.9. The van der Waals surface area contributed by atoms with E-state index < -0.39 is 0 Å². The summed E-state index contributed by atoms with van der Waals surface area (Å²) in [7, 11) is 1.86.